The normalized spacial score (nSPS) is 10.0. The summed E-state index contributed by atoms with van der Waals surface area (Å²) < 4.78 is 0. The van der Waals surface area contributed by atoms with Crippen molar-refractivity contribution in [3.05, 3.63) is 55.1 Å². The minimum atomic E-state index is -0.105. The van der Waals surface area contributed by atoms with E-state index in [1.54, 1.807) is 24.5 Å². The smallest absolute Gasteiger partial charge is 0.230 e. The van der Waals surface area contributed by atoms with Gasteiger partial charge in [0.25, 0.3) is 0 Å². The van der Waals surface area contributed by atoms with Crippen molar-refractivity contribution in [2.45, 2.75) is 6.92 Å². The zero-order valence-corrected chi connectivity index (χ0v) is 12.9. The lowest BCUT2D eigenvalue weighted by Gasteiger charge is -2.09. The summed E-state index contributed by atoms with van der Waals surface area (Å²) in [5.41, 5.74) is 1.58. The van der Waals surface area contributed by atoms with Gasteiger partial charge in [-0.2, -0.15) is 4.98 Å². The van der Waals surface area contributed by atoms with Crippen LogP contribution < -0.4 is 16.0 Å². The van der Waals surface area contributed by atoms with Crippen molar-refractivity contribution >= 4 is 34.9 Å². The average Bonchev–Trinajstić information content (AvgIpc) is 2.57. The second-order valence-corrected chi connectivity index (χ2v) is 4.87. The summed E-state index contributed by atoms with van der Waals surface area (Å²) in [5, 5.41) is 8.89. The van der Waals surface area contributed by atoms with Crippen LogP contribution in [0.5, 0.6) is 0 Å². The van der Waals surface area contributed by atoms with Crippen LogP contribution >= 0.6 is 0 Å². The first-order valence-corrected chi connectivity index (χ1v) is 7.20. The molecule has 8 nitrogen and oxygen atoms in total. The number of hydrogen-bond donors (Lipinski definition) is 3. The second kappa shape index (κ2) is 7.14. The predicted octanol–water partition coefficient (Wildman–Crippen LogP) is 2.71. The molecule has 0 aliphatic heterocycles. The highest BCUT2D eigenvalue weighted by molar-refractivity contribution is 5.88. The first kappa shape index (κ1) is 15.3. The lowest BCUT2D eigenvalue weighted by Crippen LogP contribution is -2.05. The van der Waals surface area contributed by atoms with Crippen molar-refractivity contribution in [1.29, 1.82) is 0 Å². The van der Waals surface area contributed by atoms with Gasteiger partial charge in [-0.1, -0.05) is 0 Å². The van der Waals surface area contributed by atoms with E-state index in [4.69, 9.17) is 0 Å². The van der Waals surface area contributed by atoms with Gasteiger partial charge in [0, 0.05) is 30.7 Å². The molecule has 0 aliphatic rings. The molecule has 1 aromatic carbocycles. The van der Waals surface area contributed by atoms with Gasteiger partial charge in [0.05, 0.1) is 0 Å². The molecule has 8 heteroatoms. The molecule has 3 N–H and O–H groups in total. The number of nitrogens with zero attached hydrogens (tertiary/aromatic N) is 4. The quantitative estimate of drug-likeness (QED) is 0.663. The van der Waals surface area contributed by atoms with Gasteiger partial charge in [-0.25, -0.2) is 15.0 Å². The first-order valence-electron chi connectivity index (χ1n) is 7.20. The van der Waals surface area contributed by atoms with Crippen LogP contribution in [0.4, 0.5) is 29.0 Å². The molecule has 120 valence electrons. The average molecular weight is 321 g/mol. The molecule has 2 heterocycles. The highest BCUT2D eigenvalue weighted by Crippen LogP contribution is 2.18. The van der Waals surface area contributed by atoms with Crippen LogP contribution in [-0.2, 0) is 4.79 Å². The van der Waals surface area contributed by atoms with Crippen molar-refractivity contribution in [3.63, 3.8) is 0 Å². The number of benzene rings is 1. The van der Waals surface area contributed by atoms with Crippen LogP contribution in [0.25, 0.3) is 0 Å². The van der Waals surface area contributed by atoms with Crippen LogP contribution in [0.15, 0.2) is 55.1 Å². The van der Waals surface area contributed by atoms with E-state index < -0.39 is 0 Å². The van der Waals surface area contributed by atoms with E-state index in [0.29, 0.717) is 17.6 Å². The van der Waals surface area contributed by atoms with E-state index in [1.807, 2.05) is 24.3 Å². The van der Waals surface area contributed by atoms with Gasteiger partial charge in [0.2, 0.25) is 11.9 Å². The number of rotatable bonds is 5. The Morgan fingerprint density at radius 3 is 2.33 bits per heavy atom. The fourth-order valence-corrected chi connectivity index (χ4v) is 1.96. The van der Waals surface area contributed by atoms with Crippen LogP contribution in [0, 0.1) is 0 Å². The maximum atomic E-state index is 11.0. The Balaban J connectivity index is 1.69. The lowest BCUT2D eigenvalue weighted by molar-refractivity contribution is -0.114. The summed E-state index contributed by atoms with van der Waals surface area (Å²) in [6.07, 6.45) is 4.72. The fraction of sp³-hybridized carbons (Fsp3) is 0.0625. The van der Waals surface area contributed by atoms with Gasteiger partial charge >= 0.3 is 0 Å². The largest absolute Gasteiger partial charge is 0.340 e. The van der Waals surface area contributed by atoms with Crippen LogP contribution in [0.3, 0.4) is 0 Å². The topological polar surface area (TPSA) is 105 Å². The summed E-state index contributed by atoms with van der Waals surface area (Å²) in [6.45, 7) is 1.47. The van der Waals surface area contributed by atoms with E-state index in [0.717, 1.165) is 11.4 Å². The zero-order chi connectivity index (χ0) is 16.8. The van der Waals surface area contributed by atoms with Crippen molar-refractivity contribution in [3.8, 4) is 0 Å². The monoisotopic (exact) mass is 321 g/mol. The maximum Gasteiger partial charge on any atom is 0.230 e. The van der Waals surface area contributed by atoms with E-state index in [2.05, 4.69) is 35.9 Å². The number of anilines is 5. The summed E-state index contributed by atoms with van der Waals surface area (Å²) in [6, 6.07) is 10.8. The van der Waals surface area contributed by atoms with Gasteiger partial charge in [-0.05, 0) is 36.4 Å². The molecule has 0 aliphatic carbocycles. The minimum Gasteiger partial charge on any atom is -0.340 e. The highest BCUT2D eigenvalue weighted by Gasteiger charge is 2.02. The summed E-state index contributed by atoms with van der Waals surface area (Å²) in [5.74, 6) is 1.57. The molecule has 0 bridgehead atoms. The molecule has 24 heavy (non-hydrogen) atoms. The molecule has 0 spiro atoms. The lowest BCUT2D eigenvalue weighted by atomic mass is 10.2. The SMILES string of the molecule is CC(=O)Nc1ccc(Nc2ccnc(Nc3ccncn3)n2)cc1. The number of carbonyl (C=O) groups excluding carboxylic acids is 1. The number of nitrogens with one attached hydrogen (secondary N) is 3. The zero-order valence-electron chi connectivity index (χ0n) is 12.9. The highest BCUT2D eigenvalue weighted by atomic mass is 16.1. The first-order chi connectivity index (χ1) is 11.7. The number of carbonyl (C=O) groups is 1. The Morgan fingerprint density at radius 2 is 1.62 bits per heavy atom. The Labute approximate surface area is 138 Å². The van der Waals surface area contributed by atoms with Crippen molar-refractivity contribution in [1.82, 2.24) is 19.9 Å². The molecule has 0 saturated heterocycles. The maximum absolute atomic E-state index is 11.0. The Morgan fingerprint density at radius 1 is 0.875 bits per heavy atom. The van der Waals surface area contributed by atoms with Gasteiger partial charge in [-0.15, -0.1) is 0 Å². The third-order valence-electron chi connectivity index (χ3n) is 2.96. The standard InChI is InChI=1S/C16H15N7O/c1-11(24)20-12-2-4-13(5-3-12)21-15-7-9-18-16(23-15)22-14-6-8-17-10-19-14/h2-10H,1H3,(H,20,24)(H2,17,18,19,21,22,23). The van der Waals surface area contributed by atoms with E-state index in [9.17, 15) is 4.79 Å². The number of aromatic nitrogens is 4. The molecule has 3 aromatic rings. The molecule has 1 amide bonds. The Kier molecular flexibility index (Phi) is 4.57. The van der Waals surface area contributed by atoms with Crippen molar-refractivity contribution in [2.24, 2.45) is 0 Å². The van der Waals surface area contributed by atoms with E-state index in [-0.39, 0.29) is 5.91 Å². The Bertz CT molecular complexity index is 821. The molecular weight excluding hydrogens is 306 g/mol. The number of amides is 1. The number of hydrogen-bond acceptors (Lipinski definition) is 7. The van der Waals surface area contributed by atoms with Crippen molar-refractivity contribution in [2.75, 3.05) is 16.0 Å². The van der Waals surface area contributed by atoms with Crippen molar-refractivity contribution < 1.29 is 4.79 Å². The molecule has 0 radical (unpaired) electrons. The van der Waals surface area contributed by atoms with Gasteiger partial charge in [0.15, 0.2) is 0 Å². The van der Waals surface area contributed by atoms with Gasteiger partial charge in [-0.3, -0.25) is 4.79 Å². The van der Waals surface area contributed by atoms with Gasteiger partial charge < -0.3 is 16.0 Å². The minimum absolute atomic E-state index is 0.105. The third kappa shape index (κ3) is 4.23. The van der Waals surface area contributed by atoms with Crippen LogP contribution in [0.2, 0.25) is 0 Å². The van der Waals surface area contributed by atoms with Crippen LogP contribution in [-0.4, -0.2) is 25.8 Å². The molecule has 0 saturated carbocycles. The molecule has 0 atom stereocenters. The van der Waals surface area contributed by atoms with E-state index >= 15 is 0 Å². The van der Waals surface area contributed by atoms with Gasteiger partial charge in [0.1, 0.15) is 18.0 Å². The Hall–Kier alpha value is -3.55. The van der Waals surface area contributed by atoms with Crippen LogP contribution in [0.1, 0.15) is 6.92 Å². The summed E-state index contributed by atoms with van der Waals surface area (Å²) in [4.78, 5) is 27.5. The summed E-state index contributed by atoms with van der Waals surface area (Å²) >= 11 is 0. The molecule has 2 aromatic heterocycles. The van der Waals surface area contributed by atoms with E-state index in [1.165, 1.54) is 13.3 Å². The molecule has 0 fully saturated rings. The summed E-state index contributed by atoms with van der Waals surface area (Å²) in [7, 11) is 0. The molecule has 0 unspecified atom stereocenters. The fourth-order valence-electron chi connectivity index (χ4n) is 1.96. The predicted molar refractivity (Wildman–Crippen MR) is 91.4 cm³/mol. The molecular formula is C16H15N7O. The second-order valence-electron chi connectivity index (χ2n) is 4.87. The third-order valence-corrected chi connectivity index (χ3v) is 2.96. The molecule has 3 rings (SSSR count).